The van der Waals surface area contributed by atoms with E-state index in [2.05, 4.69) is 5.32 Å². The van der Waals surface area contributed by atoms with Gasteiger partial charge in [0.15, 0.2) is 0 Å². The van der Waals surface area contributed by atoms with Crippen LogP contribution in [0.1, 0.15) is 16.1 Å². The highest BCUT2D eigenvalue weighted by Gasteiger charge is 2.09. The predicted molar refractivity (Wildman–Crippen MR) is 110 cm³/mol. The summed E-state index contributed by atoms with van der Waals surface area (Å²) in [5, 5.41) is 12.1. The van der Waals surface area contributed by atoms with Crippen LogP contribution in [-0.2, 0) is 6.61 Å². The minimum Gasteiger partial charge on any atom is -0.459 e. The lowest BCUT2D eigenvalue weighted by atomic mass is 10.0. The van der Waals surface area contributed by atoms with Crippen LogP contribution in [0.15, 0.2) is 95.4 Å². The van der Waals surface area contributed by atoms with Gasteiger partial charge in [-0.3, -0.25) is 4.79 Å². The van der Waals surface area contributed by atoms with E-state index in [1.54, 1.807) is 12.1 Å². The predicted octanol–water partition coefficient (Wildman–Crippen LogP) is 5.36. The largest absolute Gasteiger partial charge is 0.459 e. The summed E-state index contributed by atoms with van der Waals surface area (Å²) < 4.78 is 5.56. The van der Waals surface area contributed by atoms with E-state index in [1.807, 2.05) is 78.9 Å². The Bertz CT molecular complexity index is 1080. The van der Waals surface area contributed by atoms with Crippen LogP contribution < -0.4 is 5.32 Å². The van der Waals surface area contributed by atoms with Gasteiger partial charge in [-0.1, -0.05) is 54.6 Å². The monoisotopic (exact) mass is 369 g/mol. The first-order valence-electron chi connectivity index (χ1n) is 9.00. The van der Waals surface area contributed by atoms with Gasteiger partial charge >= 0.3 is 0 Å². The molecule has 0 fully saturated rings. The molecule has 0 unspecified atom stereocenters. The van der Waals surface area contributed by atoms with Gasteiger partial charge in [-0.2, -0.15) is 0 Å². The molecule has 2 N–H and O–H groups in total. The summed E-state index contributed by atoms with van der Waals surface area (Å²) in [5.41, 5.74) is 4.28. The Hall–Kier alpha value is -3.63. The minimum absolute atomic E-state index is 0.143. The maximum absolute atomic E-state index is 12.6. The maximum Gasteiger partial charge on any atom is 0.255 e. The van der Waals surface area contributed by atoms with Crippen molar-refractivity contribution in [3.63, 3.8) is 0 Å². The fourth-order valence-electron chi connectivity index (χ4n) is 3.02. The van der Waals surface area contributed by atoms with Gasteiger partial charge in [-0.25, -0.2) is 0 Å². The first-order valence-corrected chi connectivity index (χ1v) is 9.00. The quantitative estimate of drug-likeness (QED) is 0.498. The number of hydrogen-bond donors (Lipinski definition) is 2. The lowest BCUT2D eigenvalue weighted by Gasteiger charge is -2.08. The topological polar surface area (TPSA) is 62.5 Å². The molecule has 0 saturated heterocycles. The van der Waals surface area contributed by atoms with Crippen LogP contribution in [0.3, 0.4) is 0 Å². The van der Waals surface area contributed by atoms with E-state index < -0.39 is 0 Å². The molecular formula is C24H19NO3. The van der Waals surface area contributed by atoms with Crippen molar-refractivity contribution in [3.05, 3.63) is 102 Å². The molecule has 0 saturated carbocycles. The molecule has 3 aromatic carbocycles. The molecule has 0 aliphatic rings. The second-order valence-electron chi connectivity index (χ2n) is 6.40. The van der Waals surface area contributed by atoms with Gasteiger partial charge in [-0.05, 0) is 47.5 Å². The third kappa shape index (κ3) is 3.87. The SMILES string of the molecule is O=C(Nc1cccc(-c2ccc(CO)o2)c1)c1ccc(-c2ccccc2)cc1. The number of aliphatic hydroxyl groups excluding tert-OH is 1. The first-order chi connectivity index (χ1) is 13.7. The molecule has 1 heterocycles. The van der Waals surface area contributed by atoms with Crippen LogP contribution in [0.4, 0.5) is 5.69 Å². The van der Waals surface area contributed by atoms with E-state index in [4.69, 9.17) is 9.52 Å². The number of anilines is 1. The molecular weight excluding hydrogens is 350 g/mol. The molecule has 0 bridgehead atoms. The van der Waals surface area contributed by atoms with E-state index in [0.717, 1.165) is 16.7 Å². The lowest BCUT2D eigenvalue weighted by Crippen LogP contribution is -2.11. The highest BCUT2D eigenvalue weighted by molar-refractivity contribution is 6.04. The zero-order valence-electron chi connectivity index (χ0n) is 15.1. The standard InChI is InChI=1S/C24H19NO3/c26-16-22-13-14-23(28-22)20-7-4-8-21(15-20)25-24(27)19-11-9-18(10-12-19)17-5-2-1-3-6-17/h1-15,26H,16H2,(H,25,27). The molecule has 138 valence electrons. The Morgan fingerprint density at radius 2 is 1.50 bits per heavy atom. The third-order valence-electron chi connectivity index (χ3n) is 4.48. The van der Waals surface area contributed by atoms with E-state index in [0.29, 0.717) is 22.8 Å². The van der Waals surface area contributed by atoms with Crippen molar-refractivity contribution < 1.29 is 14.3 Å². The number of nitrogens with one attached hydrogen (secondary N) is 1. The summed E-state index contributed by atoms with van der Waals surface area (Å²) in [6.07, 6.45) is 0. The fraction of sp³-hybridized carbons (Fsp3) is 0.0417. The summed E-state index contributed by atoms with van der Waals surface area (Å²) in [4.78, 5) is 12.6. The van der Waals surface area contributed by atoms with E-state index in [1.165, 1.54) is 0 Å². The Labute approximate surface area is 163 Å². The van der Waals surface area contributed by atoms with Gasteiger partial charge in [0.05, 0.1) is 0 Å². The van der Waals surface area contributed by atoms with Gasteiger partial charge in [0.1, 0.15) is 18.1 Å². The van der Waals surface area contributed by atoms with Crippen LogP contribution in [0, 0.1) is 0 Å². The zero-order chi connectivity index (χ0) is 19.3. The van der Waals surface area contributed by atoms with E-state index in [-0.39, 0.29) is 12.5 Å². The van der Waals surface area contributed by atoms with Crippen LogP contribution in [0.5, 0.6) is 0 Å². The maximum atomic E-state index is 12.6. The molecule has 0 aliphatic heterocycles. The van der Waals surface area contributed by atoms with Gasteiger partial charge in [-0.15, -0.1) is 0 Å². The summed E-state index contributed by atoms with van der Waals surface area (Å²) in [5.74, 6) is 0.975. The van der Waals surface area contributed by atoms with Crippen molar-refractivity contribution >= 4 is 11.6 Å². The second-order valence-corrected chi connectivity index (χ2v) is 6.40. The third-order valence-corrected chi connectivity index (χ3v) is 4.48. The van der Waals surface area contributed by atoms with Crippen molar-refractivity contribution in [2.75, 3.05) is 5.32 Å². The lowest BCUT2D eigenvalue weighted by molar-refractivity contribution is 0.102. The van der Waals surface area contributed by atoms with E-state index >= 15 is 0 Å². The molecule has 4 rings (SSSR count). The Balaban J connectivity index is 1.50. The average Bonchev–Trinajstić information content (AvgIpc) is 3.24. The number of rotatable bonds is 5. The van der Waals surface area contributed by atoms with Crippen molar-refractivity contribution in [1.29, 1.82) is 0 Å². The average molecular weight is 369 g/mol. The van der Waals surface area contributed by atoms with Crippen LogP contribution >= 0.6 is 0 Å². The number of hydrogen-bond acceptors (Lipinski definition) is 3. The van der Waals surface area contributed by atoms with Crippen molar-refractivity contribution in [2.24, 2.45) is 0 Å². The fourth-order valence-corrected chi connectivity index (χ4v) is 3.02. The van der Waals surface area contributed by atoms with Gasteiger partial charge in [0.25, 0.3) is 5.91 Å². The number of aliphatic hydroxyl groups is 1. The summed E-state index contributed by atoms with van der Waals surface area (Å²) >= 11 is 0. The second kappa shape index (κ2) is 7.94. The van der Waals surface area contributed by atoms with Crippen molar-refractivity contribution in [3.8, 4) is 22.5 Å². The number of furan rings is 1. The van der Waals surface area contributed by atoms with Crippen molar-refractivity contribution in [1.82, 2.24) is 0 Å². The van der Waals surface area contributed by atoms with Crippen molar-refractivity contribution in [2.45, 2.75) is 6.61 Å². The van der Waals surface area contributed by atoms with Gasteiger partial charge < -0.3 is 14.8 Å². The molecule has 1 aromatic heterocycles. The van der Waals surface area contributed by atoms with Crippen LogP contribution in [-0.4, -0.2) is 11.0 Å². The highest BCUT2D eigenvalue weighted by Crippen LogP contribution is 2.25. The number of amides is 1. The number of carbonyl (C=O) groups is 1. The highest BCUT2D eigenvalue weighted by atomic mass is 16.4. The minimum atomic E-state index is -0.174. The normalized spacial score (nSPS) is 10.6. The molecule has 0 spiro atoms. The number of carbonyl (C=O) groups excluding carboxylic acids is 1. The van der Waals surface area contributed by atoms with Crippen LogP contribution in [0.25, 0.3) is 22.5 Å². The van der Waals surface area contributed by atoms with E-state index in [9.17, 15) is 4.79 Å². The number of benzene rings is 3. The molecule has 4 aromatic rings. The molecule has 0 atom stereocenters. The smallest absolute Gasteiger partial charge is 0.255 e. The first kappa shape index (κ1) is 17.8. The molecule has 1 amide bonds. The van der Waals surface area contributed by atoms with Gasteiger partial charge in [0.2, 0.25) is 0 Å². The Kier molecular flexibility index (Phi) is 5.04. The summed E-state index contributed by atoms with van der Waals surface area (Å²) in [6.45, 7) is -0.143. The Morgan fingerprint density at radius 3 is 2.21 bits per heavy atom. The molecule has 0 aliphatic carbocycles. The summed E-state index contributed by atoms with van der Waals surface area (Å²) in [7, 11) is 0. The Morgan fingerprint density at radius 1 is 0.786 bits per heavy atom. The summed E-state index contributed by atoms with van der Waals surface area (Å²) in [6, 6.07) is 28.5. The zero-order valence-corrected chi connectivity index (χ0v) is 15.1. The van der Waals surface area contributed by atoms with Gasteiger partial charge in [0, 0.05) is 16.8 Å². The molecule has 0 radical (unpaired) electrons. The molecule has 4 nitrogen and oxygen atoms in total. The van der Waals surface area contributed by atoms with Crippen LogP contribution in [0.2, 0.25) is 0 Å². The molecule has 4 heteroatoms. The molecule has 28 heavy (non-hydrogen) atoms.